The van der Waals surface area contributed by atoms with Crippen LogP contribution in [-0.4, -0.2) is 77.5 Å². The molecule has 190 valence electrons. The van der Waals surface area contributed by atoms with Crippen molar-refractivity contribution in [3.8, 4) is 0 Å². The third kappa shape index (κ3) is 5.71. The van der Waals surface area contributed by atoms with E-state index in [0.29, 0.717) is 21.7 Å². The Morgan fingerprint density at radius 3 is 2.46 bits per heavy atom. The Balaban J connectivity index is 0.000000429. The van der Waals surface area contributed by atoms with Crippen molar-refractivity contribution in [2.24, 2.45) is 5.16 Å². The minimum Gasteiger partial charge on any atom is -0.475 e. The summed E-state index contributed by atoms with van der Waals surface area (Å²) in [7, 11) is 1.39. The second kappa shape index (κ2) is 10.6. The number of nitrogens with zero attached hydrogens (tertiary/aromatic N) is 4. The van der Waals surface area contributed by atoms with Crippen LogP contribution in [0.5, 0.6) is 0 Å². The van der Waals surface area contributed by atoms with Crippen molar-refractivity contribution in [3.05, 3.63) is 53.0 Å². The van der Waals surface area contributed by atoms with Gasteiger partial charge in [-0.3, -0.25) is 4.57 Å². The van der Waals surface area contributed by atoms with E-state index in [-0.39, 0.29) is 5.49 Å². The molecule has 3 heterocycles. The number of carboxylic acid groups (broad SMARTS) is 1. The van der Waals surface area contributed by atoms with Gasteiger partial charge in [0, 0.05) is 5.02 Å². The Morgan fingerprint density at radius 2 is 1.89 bits per heavy atom. The summed E-state index contributed by atoms with van der Waals surface area (Å²) in [5.74, 6) is -2.76. The van der Waals surface area contributed by atoms with Gasteiger partial charge in [0.1, 0.15) is 37.2 Å². The van der Waals surface area contributed by atoms with Gasteiger partial charge in [-0.2, -0.15) is 13.2 Å². The lowest BCUT2D eigenvalue weighted by atomic mass is 9.99. The van der Waals surface area contributed by atoms with Gasteiger partial charge >= 0.3 is 12.1 Å². The molecule has 1 aromatic carbocycles. The molecule has 12 nitrogen and oxygen atoms in total. The molecule has 3 aromatic rings. The van der Waals surface area contributed by atoms with Crippen molar-refractivity contribution in [1.82, 2.24) is 19.5 Å². The highest BCUT2D eigenvalue weighted by atomic mass is 35.5. The fourth-order valence-electron chi connectivity index (χ4n) is 3.26. The summed E-state index contributed by atoms with van der Waals surface area (Å²) in [4.78, 5) is 24.8. The highest BCUT2D eigenvalue weighted by Gasteiger charge is 2.47. The van der Waals surface area contributed by atoms with Gasteiger partial charge in [0.15, 0.2) is 11.7 Å². The largest absolute Gasteiger partial charge is 0.490 e. The molecule has 0 amide bonds. The van der Waals surface area contributed by atoms with E-state index in [9.17, 15) is 28.5 Å². The Labute approximate surface area is 198 Å². The lowest BCUT2D eigenvalue weighted by Gasteiger charge is -2.21. The normalized spacial score (nSPS) is 23.6. The van der Waals surface area contributed by atoms with Crippen molar-refractivity contribution in [2.45, 2.75) is 36.8 Å². The predicted octanol–water partition coefficient (Wildman–Crippen LogP) is 0.861. The second-order valence-electron chi connectivity index (χ2n) is 7.12. The minimum atomic E-state index is -5.08. The van der Waals surface area contributed by atoms with E-state index in [1.54, 1.807) is 24.3 Å². The molecule has 1 aliphatic heterocycles. The number of H-pyrrole nitrogens is 1. The number of imidazole rings is 1. The van der Waals surface area contributed by atoms with Crippen LogP contribution in [0.25, 0.3) is 11.2 Å². The maximum Gasteiger partial charge on any atom is 0.490 e. The number of carbonyl (C=O) groups is 1. The molecule has 0 unspecified atom stereocenters. The van der Waals surface area contributed by atoms with Gasteiger partial charge in [0.25, 0.3) is 0 Å². The molecule has 0 radical (unpaired) electrons. The molecule has 35 heavy (non-hydrogen) atoms. The summed E-state index contributed by atoms with van der Waals surface area (Å²) in [6.45, 7) is 0. The molecule has 16 heteroatoms. The van der Waals surface area contributed by atoms with Crippen LogP contribution in [0.3, 0.4) is 0 Å². The number of rotatable bonds is 4. The number of aromatic amines is 1. The van der Waals surface area contributed by atoms with Gasteiger partial charge in [-0.1, -0.05) is 28.9 Å². The highest BCUT2D eigenvalue weighted by Crippen LogP contribution is 2.37. The summed E-state index contributed by atoms with van der Waals surface area (Å²) in [5, 5.41) is 43.1. The van der Waals surface area contributed by atoms with Crippen LogP contribution in [0, 0.1) is 0 Å². The Bertz CT molecular complexity index is 1230. The summed E-state index contributed by atoms with van der Waals surface area (Å²) in [6, 6.07) is 6.52. The van der Waals surface area contributed by atoms with Gasteiger partial charge in [-0.05, 0) is 17.7 Å². The van der Waals surface area contributed by atoms with Crippen LogP contribution in [0.2, 0.25) is 5.02 Å². The number of alkyl halides is 3. The highest BCUT2D eigenvalue weighted by molar-refractivity contribution is 6.30. The summed E-state index contributed by atoms with van der Waals surface area (Å²) >= 11 is 5.87. The lowest BCUT2D eigenvalue weighted by Crippen LogP contribution is -2.34. The number of carboxylic acids is 1. The van der Waals surface area contributed by atoms with E-state index in [2.05, 4.69) is 20.1 Å². The number of halogens is 4. The van der Waals surface area contributed by atoms with Crippen molar-refractivity contribution < 1.29 is 48.0 Å². The zero-order chi connectivity index (χ0) is 25.9. The third-order valence-corrected chi connectivity index (χ3v) is 5.14. The van der Waals surface area contributed by atoms with Gasteiger partial charge in [-0.15, -0.1) is 0 Å². The van der Waals surface area contributed by atoms with Crippen molar-refractivity contribution >= 4 is 28.7 Å². The molecule has 1 aliphatic rings. The molecule has 5 N–H and O–H groups in total. The monoisotopic (exact) mass is 521 g/mol. The number of aromatic nitrogens is 4. The molecule has 1 fully saturated rings. The second-order valence-corrected chi connectivity index (χ2v) is 7.56. The number of benzene rings is 1. The van der Waals surface area contributed by atoms with E-state index in [1.807, 2.05) is 0 Å². The zero-order valence-electron chi connectivity index (χ0n) is 17.7. The van der Waals surface area contributed by atoms with Crippen LogP contribution in [0.15, 0.2) is 42.1 Å². The van der Waals surface area contributed by atoms with Crippen LogP contribution < -0.4 is 5.49 Å². The Kier molecular flexibility index (Phi) is 7.97. The first kappa shape index (κ1) is 26.4. The van der Waals surface area contributed by atoms with E-state index >= 15 is 0 Å². The standard InChI is InChI=1S/C17H18ClN5O5.C2HF3O2/c1-27-22-15-10-16(20-6-19-15)23(7-21-10)17-13(26)12(25)14(28-17)11(24)8-2-4-9(18)5-3-8;3-2(4,5)1(6)7/h2-7,11-14,17,24-26H,1H3,(H,19,20,22);(H,6,7)/t11-,12+,13-,14-,17-;/m1./s1. The third-order valence-electron chi connectivity index (χ3n) is 4.89. The molecule has 0 aliphatic carbocycles. The first-order chi connectivity index (χ1) is 16.5. The average molecular weight is 522 g/mol. The van der Waals surface area contributed by atoms with Crippen molar-refractivity contribution in [2.75, 3.05) is 7.11 Å². The molecular formula is C19H19ClF3N5O7. The summed E-state index contributed by atoms with van der Waals surface area (Å²) in [5.41, 5.74) is 1.62. The first-order valence-corrected chi connectivity index (χ1v) is 10.1. The first-order valence-electron chi connectivity index (χ1n) is 9.68. The van der Waals surface area contributed by atoms with E-state index < -0.39 is 42.8 Å². The summed E-state index contributed by atoms with van der Waals surface area (Å²) in [6.07, 6.45) is -8.08. The SMILES string of the molecule is CO/N=c1/nc[nH]c2c1ncn2[C@@H]1O[C@H]([C@H](O)c2ccc(Cl)cc2)[C@@H](O)[C@H]1O.O=C(O)C(F)(F)F. The summed E-state index contributed by atoms with van der Waals surface area (Å²) < 4.78 is 39.1. The van der Waals surface area contributed by atoms with Gasteiger partial charge in [-0.25, -0.2) is 14.8 Å². The zero-order valence-corrected chi connectivity index (χ0v) is 18.4. The fraction of sp³-hybridized carbons (Fsp3) is 0.368. The number of aliphatic hydroxyl groups is 3. The van der Waals surface area contributed by atoms with Crippen LogP contribution in [-0.2, 0) is 14.4 Å². The number of nitrogens with one attached hydrogen (secondary N) is 1. The van der Waals surface area contributed by atoms with E-state index in [4.69, 9.17) is 31.1 Å². The van der Waals surface area contributed by atoms with E-state index in [1.165, 1.54) is 24.3 Å². The molecular weight excluding hydrogens is 503 g/mol. The maximum atomic E-state index is 10.6. The van der Waals surface area contributed by atoms with Crippen molar-refractivity contribution in [1.29, 1.82) is 0 Å². The molecule has 1 saturated heterocycles. The molecule has 0 bridgehead atoms. The maximum absolute atomic E-state index is 10.6. The number of aliphatic hydroxyl groups excluding tert-OH is 3. The smallest absolute Gasteiger partial charge is 0.475 e. The molecule has 0 spiro atoms. The number of hydrogen-bond acceptors (Lipinski definition) is 9. The number of hydrogen-bond donors (Lipinski definition) is 5. The van der Waals surface area contributed by atoms with Gasteiger partial charge in [0.05, 0.1) is 12.7 Å². The minimum absolute atomic E-state index is 0.251. The fourth-order valence-corrected chi connectivity index (χ4v) is 3.38. The molecule has 0 saturated carbocycles. The molecule has 2 aromatic heterocycles. The number of ether oxygens (including phenoxy) is 1. The Morgan fingerprint density at radius 1 is 1.26 bits per heavy atom. The topological polar surface area (TPSA) is 175 Å². The van der Waals surface area contributed by atoms with Crippen LogP contribution in [0.1, 0.15) is 17.9 Å². The van der Waals surface area contributed by atoms with Crippen LogP contribution in [0.4, 0.5) is 13.2 Å². The predicted molar refractivity (Wildman–Crippen MR) is 110 cm³/mol. The molecule has 4 rings (SSSR count). The van der Waals surface area contributed by atoms with Gasteiger partial charge < -0.3 is 35.0 Å². The number of aliphatic carboxylic acids is 1. The number of fused-ring (bicyclic) bond motifs is 1. The Hall–Kier alpha value is -3.24. The average Bonchev–Trinajstić information content (AvgIpc) is 3.36. The van der Waals surface area contributed by atoms with Gasteiger partial charge in [0.2, 0.25) is 5.49 Å². The quantitative estimate of drug-likeness (QED) is 0.312. The van der Waals surface area contributed by atoms with Crippen LogP contribution >= 0.6 is 11.6 Å². The molecule has 5 atom stereocenters. The lowest BCUT2D eigenvalue weighted by molar-refractivity contribution is -0.192. The van der Waals surface area contributed by atoms with E-state index in [0.717, 1.165) is 0 Å². The van der Waals surface area contributed by atoms with Crippen molar-refractivity contribution in [3.63, 3.8) is 0 Å².